The van der Waals surface area contributed by atoms with Crippen LogP contribution in [0.1, 0.15) is 103 Å². The van der Waals surface area contributed by atoms with Crippen LogP contribution in [0.3, 0.4) is 0 Å². The maximum Gasteiger partial charge on any atom is 0.303 e. The van der Waals surface area contributed by atoms with Gasteiger partial charge < -0.3 is 9.84 Å². The molecule has 0 heterocycles. The summed E-state index contributed by atoms with van der Waals surface area (Å²) in [7, 11) is 1.85. The van der Waals surface area contributed by atoms with Crippen molar-refractivity contribution in [1.29, 1.82) is 0 Å². The van der Waals surface area contributed by atoms with Gasteiger partial charge in [-0.2, -0.15) is 0 Å². The predicted octanol–water partition coefficient (Wildman–Crippen LogP) is 5.96. The number of ether oxygens (including phenoxy) is 1. The Labute approximate surface area is 137 Å². The van der Waals surface area contributed by atoms with Gasteiger partial charge in [-0.1, -0.05) is 77.6 Å². The van der Waals surface area contributed by atoms with Gasteiger partial charge in [-0.25, -0.2) is 0 Å². The monoisotopic (exact) mass is 314 g/mol. The highest BCUT2D eigenvalue weighted by atomic mass is 16.5. The highest BCUT2D eigenvalue weighted by molar-refractivity contribution is 5.66. The Hall–Kier alpha value is -0.570. The van der Waals surface area contributed by atoms with E-state index < -0.39 is 5.97 Å². The topological polar surface area (TPSA) is 46.5 Å². The highest BCUT2D eigenvalue weighted by Crippen LogP contribution is 2.16. The molecule has 1 atom stereocenters. The van der Waals surface area contributed by atoms with Crippen molar-refractivity contribution >= 4 is 5.97 Å². The third kappa shape index (κ3) is 15.8. The fourth-order valence-corrected chi connectivity index (χ4v) is 2.89. The zero-order chi connectivity index (χ0) is 16.5. The Morgan fingerprint density at radius 3 is 1.73 bits per heavy atom. The van der Waals surface area contributed by atoms with E-state index in [0.29, 0.717) is 12.5 Å². The van der Waals surface area contributed by atoms with Crippen molar-refractivity contribution < 1.29 is 14.6 Å². The molecule has 3 heteroatoms. The SMILES string of the molecule is CCCCCCCC(CCCCCCCCCC(=O)O)OC. The van der Waals surface area contributed by atoms with Crippen LogP contribution >= 0.6 is 0 Å². The molecule has 0 amide bonds. The number of rotatable bonds is 17. The number of carboxylic acid groups (broad SMARTS) is 1. The quantitative estimate of drug-likeness (QED) is 0.337. The molecule has 1 unspecified atom stereocenters. The molecule has 0 saturated carbocycles. The fraction of sp³-hybridized carbons (Fsp3) is 0.947. The van der Waals surface area contributed by atoms with E-state index in [-0.39, 0.29) is 0 Å². The first-order chi connectivity index (χ1) is 10.7. The summed E-state index contributed by atoms with van der Waals surface area (Å²) in [6, 6.07) is 0. The molecule has 0 aliphatic rings. The van der Waals surface area contributed by atoms with Gasteiger partial charge in [0.1, 0.15) is 0 Å². The molecule has 0 aromatic rings. The molecular formula is C19H38O3. The molecule has 132 valence electrons. The molecule has 0 aromatic carbocycles. The predicted molar refractivity (Wildman–Crippen MR) is 93.4 cm³/mol. The zero-order valence-electron chi connectivity index (χ0n) is 14.9. The minimum atomic E-state index is -0.666. The summed E-state index contributed by atoms with van der Waals surface area (Å²) in [6.07, 6.45) is 18.0. The summed E-state index contributed by atoms with van der Waals surface area (Å²) in [5.41, 5.74) is 0. The van der Waals surface area contributed by atoms with E-state index in [1.807, 2.05) is 7.11 Å². The number of aliphatic carboxylic acids is 1. The summed E-state index contributed by atoms with van der Waals surface area (Å²) in [5.74, 6) is -0.666. The number of hydrogen-bond acceptors (Lipinski definition) is 2. The lowest BCUT2D eigenvalue weighted by molar-refractivity contribution is -0.137. The van der Waals surface area contributed by atoms with E-state index in [0.717, 1.165) is 12.8 Å². The molecular weight excluding hydrogens is 276 g/mol. The number of hydrogen-bond donors (Lipinski definition) is 1. The van der Waals surface area contributed by atoms with Crippen molar-refractivity contribution in [3.8, 4) is 0 Å². The van der Waals surface area contributed by atoms with Crippen molar-refractivity contribution in [2.24, 2.45) is 0 Å². The van der Waals surface area contributed by atoms with Crippen LogP contribution in [-0.4, -0.2) is 24.3 Å². The molecule has 0 aromatic heterocycles. The first-order valence-corrected chi connectivity index (χ1v) is 9.45. The van der Waals surface area contributed by atoms with Crippen LogP contribution in [0.5, 0.6) is 0 Å². The normalized spacial score (nSPS) is 12.5. The number of carbonyl (C=O) groups is 1. The standard InChI is InChI=1S/C19H38O3/c1-3-4-5-9-12-15-18(22-2)16-13-10-7-6-8-11-14-17-19(20)21/h18H,3-17H2,1-2H3,(H,20,21). The average Bonchev–Trinajstić information content (AvgIpc) is 2.50. The van der Waals surface area contributed by atoms with Gasteiger partial charge in [0.05, 0.1) is 6.10 Å². The van der Waals surface area contributed by atoms with Gasteiger partial charge in [0.15, 0.2) is 0 Å². The fourth-order valence-electron chi connectivity index (χ4n) is 2.89. The molecule has 0 aliphatic carbocycles. The van der Waals surface area contributed by atoms with E-state index in [4.69, 9.17) is 9.84 Å². The zero-order valence-corrected chi connectivity index (χ0v) is 14.9. The minimum Gasteiger partial charge on any atom is -0.481 e. The van der Waals surface area contributed by atoms with E-state index >= 15 is 0 Å². The lowest BCUT2D eigenvalue weighted by Gasteiger charge is -2.15. The number of methoxy groups -OCH3 is 1. The Morgan fingerprint density at radius 2 is 1.27 bits per heavy atom. The van der Waals surface area contributed by atoms with Gasteiger partial charge in [0, 0.05) is 13.5 Å². The van der Waals surface area contributed by atoms with Gasteiger partial charge in [-0.3, -0.25) is 4.79 Å². The van der Waals surface area contributed by atoms with Crippen LogP contribution in [0.4, 0.5) is 0 Å². The smallest absolute Gasteiger partial charge is 0.303 e. The molecule has 0 radical (unpaired) electrons. The Bertz CT molecular complexity index is 241. The average molecular weight is 315 g/mol. The van der Waals surface area contributed by atoms with Crippen molar-refractivity contribution in [3.63, 3.8) is 0 Å². The van der Waals surface area contributed by atoms with Gasteiger partial charge in [0.25, 0.3) is 0 Å². The van der Waals surface area contributed by atoms with Crippen LogP contribution in [0, 0.1) is 0 Å². The van der Waals surface area contributed by atoms with Crippen LogP contribution < -0.4 is 0 Å². The largest absolute Gasteiger partial charge is 0.481 e. The van der Waals surface area contributed by atoms with Crippen LogP contribution in [0.15, 0.2) is 0 Å². The lowest BCUT2D eigenvalue weighted by atomic mass is 10.0. The molecule has 0 fully saturated rings. The summed E-state index contributed by atoms with van der Waals surface area (Å²) in [6.45, 7) is 2.25. The Kier molecular flexibility index (Phi) is 16.4. The molecule has 3 nitrogen and oxygen atoms in total. The van der Waals surface area contributed by atoms with Gasteiger partial charge in [-0.05, 0) is 19.3 Å². The number of carboxylic acids is 1. The van der Waals surface area contributed by atoms with Gasteiger partial charge in [-0.15, -0.1) is 0 Å². The molecule has 0 bridgehead atoms. The summed E-state index contributed by atoms with van der Waals surface area (Å²) in [4.78, 5) is 10.4. The highest BCUT2D eigenvalue weighted by Gasteiger charge is 2.06. The molecule has 0 spiro atoms. The van der Waals surface area contributed by atoms with Crippen molar-refractivity contribution in [3.05, 3.63) is 0 Å². The summed E-state index contributed by atoms with van der Waals surface area (Å²) >= 11 is 0. The summed E-state index contributed by atoms with van der Waals surface area (Å²) < 4.78 is 5.58. The third-order valence-electron chi connectivity index (χ3n) is 4.38. The first-order valence-electron chi connectivity index (χ1n) is 9.45. The second-order valence-corrected chi connectivity index (χ2v) is 6.47. The Balaban J connectivity index is 3.30. The van der Waals surface area contributed by atoms with Gasteiger partial charge in [0.2, 0.25) is 0 Å². The first kappa shape index (κ1) is 21.4. The van der Waals surface area contributed by atoms with E-state index in [1.165, 1.54) is 77.0 Å². The molecule has 0 saturated heterocycles. The van der Waals surface area contributed by atoms with E-state index in [9.17, 15) is 4.79 Å². The molecule has 0 aliphatic heterocycles. The maximum absolute atomic E-state index is 10.4. The van der Waals surface area contributed by atoms with E-state index in [1.54, 1.807) is 0 Å². The van der Waals surface area contributed by atoms with Gasteiger partial charge >= 0.3 is 5.97 Å². The van der Waals surface area contributed by atoms with Crippen molar-refractivity contribution in [2.45, 2.75) is 109 Å². The van der Waals surface area contributed by atoms with Crippen LogP contribution in [0.25, 0.3) is 0 Å². The third-order valence-corrected chi connectivity index (χ3v) is 4.38. The maximum atomic E-state index is 10.4. The molecule has 1 N–H and O–H groups in total. The van der Waals surface area contributed by atoms with E-state index in [2.05, 4.69) is 6.92 Å². The van der Waals surface area contributed by atoms with Crippen molar-refractivity contribution in [2.75, 3.05) is 7.11 Å². The second-order valence-electron chi connectivity index (χ2n) is 6.47. The Morgan fingerprint density at radius 1 is 0.818 bits per heavy atom. The second kappa shape index (κ2) is 16.8. The van der Waals surface area contributed by atoms with Crippen LogP contribution in [0.2, 0.25) is 0 Å². The van der Waals surface area contributed by atoms with Crippen molar-refractivity contribution in [1.82, 2.24) is 0 Å². The molecule has 22 heavy (non-hydrogen) atoms. The molecule has 0 rings (SSSR count). The van der Waals surface area contributed by atoms with Crippen LogP contribution in [-0.2, 0) is 9.53 Å². The lowest BCUT2D eigenvalue weighted by Crippen LogP contribution is -2.10. The minimum absolute atomic E-state index is 0.327. The number of unbranched alkanes of at least 4 members (excludes halogenated alkanes) is 10. The summed E-state index contributed by atoms with van der Waals surface area (Å²) in [5, 5.41) is 8.55.